The van der Waals surface area contributed by atoms with Gasteiger partial charge in [-0.15, -0.1) is 0 Å². The second-order valence-corrected chi connectivity index (χ2v) is 5.59. The van der Waals surface area contributed by atoms with E-state index < -0.39 is 0 Å². The van der Waals surface area contributed by atoms with E-state index in [1.165, 1.54) is 12.8 Å². The zero-order valence-electron chi connectivity index (χ0n) is 8.84. The normalized spacial score (nSPS) is 47.1. The Morgan fingerprint density at radius 3 is 2.69 bits per heavy atom. The quantitative estimate of drug-likeness (QED) is 0.493. The average molecular weight is 176 g/mol. The number of hydrogen-bond acceptors (Lipinski definition) is 0. The summed E-state index contributed by atoms with van der Waals surface area (Å²) < 4.78 is 0. The monoisotopic (exact) mass is 176 g/mol. The molecule has 4 unspecified atom stereocenters. The molecule has 3 rings (SSSR count). The van der Waals surface area contributed by atoms with E-state index in [2.05, 4.69) is 13.8 Å². The van der Waals surface area contributed by atoms with E-state index >= 15 is 0 Å². The lowest BCUT2D eigenvalue weighted by atomic mass is 9.78. The van der Waals surface area contributed by atoms with Crippen LogP contribution in [0.2, 0.25) is 0 Å². The Balaban J connectivity index is 1.94. The topological polar surface area (TPSA) is 0 Å². The Morgan fingerprint density at radius 2 is 1.92 bits per heavy atom. The highest BCUT2D eigenvalue weighted by atomic mass is 14.6. The Labute approximate surface area is 81.4 Å². The summed E-state index contributed by atoms with van der Waals surface area (Å²) in [6.07, 6.45) is 7.65. The summed E-state index contributed by atoms with van der Waals surface area (Å²) in [4.78, 5) is 0. The van der Waals surface area contributed by atoms with Gasteiger partial charge in [-0.3, -0.25) is 0 Å². The Bertz CT molecular complexity index is 257. The summed E-state index contributed by atoms with van der Waals surface area (Å²) in [6.45, 7) is 4.64. The molecule has 0 radical (unpaired) electrons. The van der Waals surface area contributed by atoms with E-state index in [0.717, 1.165) is 23.7 Å². The molecule has 3 fully saturated rings. The van der Waals surface area contributed by atoms with Crippen molar-refractivity contribution in [3.05, 3.63) is 11.1 Å². The van der Waals surface area contributed by atoms with Gasteiger partial charge in [0.25, 0.3) is 0 Å². The lowest BCUT2D eigenvalue weighted by molar-refractivity contribution is 0.303. The van der Waals surface area contributed by atoms with Gasteiger partial charge in [0.05, 0.1) is 0 Å². The molecule has 4 atom stereocenters. The van der Waals surface area contributed by atoms with Gasteiger partial charge in [-0.1, -0.05) is 17.6 Å². The minimum absolute atomic E-state index is 1.03. The molecule has 0 nitrogen and oxygen atoms in total. The van der Waals surface area contributed by atoms with Crippen LogP contribution in [0.3, 0.4) is 0 Å². The van der Waals surface area contributed by atoms with Gasteiger partial charge in [-0.05, 0) is 63.2 Å². The Kier molecular flexibility index (Phi) is 1.63. The van der Waals surface area contributed by atoms with E-state index in [4.69, 9.17) is 0 Å². The van der Waals surface area contributed by atoms with Crippen LogP contribution >= 0.6 is 0 Å². The van der Waals surface area contributed by atoms with Crippen molar-refractivity contribution in [3.8, 4) is 0 Å². The molecule has 3 aliphatic rings. The van der Waals surface area contributed by atoms with Crippen molar-refractivity contribution in [3.63, 3.8) is 0 Å². The first-order valence-electron chi connectivity index (χ1n) is 5.93. The van der Waals surface area contributed by atoms with Gasteiger partial charge in [-0.25, -0.2) is 0 Å². The summed E-state index contributed by atoms with van der Waals surface area (Å²) in [5, 5.41) is 0. The van der Waals surface area contributed by atoms with E-state index in [1.807, 2.05) is 5.57 Å². The number of rotatable bonds is 0. The number of allylic oxidation sites excluding steroid dienone is 2. The second-order valence-electron chi connectivity index (χ2n) is 5.59. The molecule has 0 aromatic rings. The molecule has 0 saturated heterocycles. The fourth-order valence-corrected chi connectivity index (χ4v) is 4.42. The van der Waals surface area contributed by atoms with Gasteiger partial charge < -0.3 is 0 Å². The smallest absolute Gasteiger partial charge is 0.0167 e. The predicted octanol–water partition coefficient (Wildman–Crippen LogP) is 3.78. The van der Waals surface area contributed by atoms with Crippen molar-refractivity contribution in [2.24, 2.45) is 23.7 Å². The maximum atomic E-state index is 2.32. The summed E-state index contributed by atoms with van der Waals surface area (Å²) >= 11 is 0. The summed E-state index contributed by atoms with van der Waals surface area (Å²) in [6, 6.07) is 0. The van der Waals surface area contributed by atoms with Crippen LogP contribution in [0.4, 0.5) is 0 Å². The molecule has 0 aromatic heterocycles. The van der Waals surface area contributed by atoms with Crippen LogP contribution in [-0.2, 0) is 0 Å². The zero-order chi connectivity index (χ0) is 9.00. The van der Waals surface area contributed by atoms with E-state index in [1.54, 1.807) is 24.8 Å². The van der Waals surface area contributed by atoms with Crippen LogP contribution in [-0.4, -0.2) is 0 Å². The molecule has 3 aliphatic carbocycles. The molecule has 0 aromatic carbocycles. The number of hydrogen-bond donors (Lipinski definition) is 0. The van der Waals surface area contributed by atoms with Gasteiger partial charge in [0.15, 0.2) is 0 Å². The highest BCUT2D eigenvalue weighted by Gasteiger charge is 2.51. The van der Waals surface area contributed by atoms with Crippen LogP contribution in [0.5, 0.6) is 0 Å². The van der Waals surface area contributed by atoms with Crippen LogP contribution in [0.15, 0.2) is 11.1 Å². The van der Waals surface area contributed by atoms with E-state index in [9.17, 15) is 0 Å². The second kappa shape index (κ2) is 2.62. The SMILES string of the molecule is CC(C)=C1CC2CC1C1CCCC21. The molecule has 2 bridgehead atoms. The third-order valence-electron chi connectivity index (χ3n) is 4.88. The third kappa shape index (κ3) is 0.978. The van der Waals surface area contributed by atoms with Crippen molar-refractivity contribution < 1.29 is 0 Å². The van der Waals surface area contributed by atoms with Gasteiger partial charge in [-0.2, -0.15) is 0 Å². The van der Waals surface area contributed by atoms with Gasteiger partial charge >= 0.3 is 0 Å². The van der Waals surface area contributed by atoms with E-state index in [-0.39, 0.29) is 0 Å². The van der Waals surface area contributed by atoms with Crippen molar-refractivity contribution in [2.75, 3.05) is 0 Å². The first-order valence-corrected chi connectivity index (χ1v) is 5.93. The zero-order valence-corrected chi connectivity index (χ0v) is 8.84. The molecule has 0 spiro atoms. The standard InChI is InChI=1S/C13H20/c1-8(2)12-6-9-7-13(12)11-5-3-4-10(9)11/h9-11,13H,3-7H2,1-2H3. The number of fused-ring (bicyclic) bond motifs is 5. The van der Waals surface area contributed by atoms with E-state index in [0.29, 0.717) is 0 Å². The van der Waals surface area contributed by atoms with Crippen LogP contribution in [0.1, 0.15) is 46.0 Å². The summed E-state index contributed by atoms with van der Waals surface area (Å²) in [5.74, 6) is 4.39. The Hall–Kier alpha value is -0.260. The maximum Gasteiger partial charge on any atom is -0.0167 e. The highest BCUT2D eigenvalue weighted by Crippen LogP contribution is 2.61. The molecular weight excluding hydrogens is 156 g/mol. The van der Waals surface area contributed by atoms with Crippen molar-refractivity contribution >= 4 is 0 Å². The first kappa shape index (κ1) is 8.08. The van der Waals surface area contributed by atoms with Gasteiger partial charge in [0.1, 0.15) is 0 Å². The molecular formula is C13H20. The largest absolute Gasteiger partial charge is 0.0769 e. The molecule has 0 heterocycles. The molecule has 0 heteroatoms. The predicted molar refractivity (Wildman–Crippen MR) is 55.4 cm³/mol. The van der Waals surface area contributed by atoms with Crippen LogP contribution in [0.25, 0.3) is 0 Å². The highest BCUT2D eigenvalue weighted by molar-refractivity contribution is 5.25. The van der Waals surface area contributed by atoms with Crippen molar-refractivity contribution in [1.29, 1.82) is 0 Å². The molecule has 0 aliphatic heterocycles. The van der Waals surface area contributed by atoms with Crippen LogP contribution in [0, 0.1) is 23.7 Å². The molecule has 3 saturated carbocycles. The average Bonchev–Trinajstić information content (AvgIpc) is 2.75. The Morgan fingerprint density at radius 1 is 1.15 bits per heavy atom. The minimum atomic E-state index is 1.03. The van der Waals surface area contributed by atoms with Crippen molar-refractivity contribution in [2.45, 2.75) is 46.0 Å². The maximum absolute atomic E-state index is 2.32. The van der Waals surface area contributed by atoms with Crippen LogP contribution < -0.4 is 0 Å². The summed E-state index contributed by atoms with van der Waals surface area (Å²) in [7, 11) is 0. The summed E-state index contributed by atoms with van der Waals surface area (Å²) in [5.41, 5.74) is 3.49. The lowest BCUT2D eigenvalue weighted by Crippen LogP contribution is -2.19. The molecule has 13 heavy (non-hydrogen) atoms. The third-order valence-corrected chi connectivity index (χ3v) is 4.88. The first-order chi connectivity index (χ1) is 6.27. The van der Waals surface area contributed by atoms with Gasteiger partial charge in [0, 0.05) is 0 Å². The fraction of sp³-hybridized carbons (Fsp3) is 0.846. The minimum Gasteiger partial charge on any atom is -0.0769 e. The molecule has 0 N–H and O–H groups in total. The fourth-order valence-electron chi connectivity index (χ4n) is 4.42. The molecule has 72 valence electrons. The lowest BCUT2D eigenvalue weighted by Gasteiger charge is -2.27. The molecule has 0 amide bonds. The van der Waals surface area contributed by atoms with Gasteiger partial charge in [0.2, 0.25) is 0 Å². The van der Waals surface area contributed by atoms with Crippen molar-refractivity contribution in [1.82, 2.24) is 0 Å².